The molecule has 3 rings (SSSR count). The smallest absolute Gasteiger partial charge is 0.157 e. The second-order valence-electron chi connectivity index (χ2n) is 5.38. The highest BCUT2D eigenvalue weighted by Crippen LogP contribution is 2.33. The molecule has 0 spiro atoms. The van der Waals surface area contributed by atoms with E-state index in [1.165, 1.54) is 19.3 Å². The first kappa shape index (κ1) is 12.7. The van der Waals surface area contributed by atoms with Crippen molar-refractivity contribution < 1.29 is 0 Å². The number of halogens is 1. The van der Waals surface area contributed by atoms with Crippen LogP contribution in [0.15, 0.2) is 30.5 Å². The van der Waals surface area contributed by atoms with Crippen LogP contribution in [-0.4, -0.2) is 21.6 Å². The fraction of sp³-hybridized carbons (Fsp3) is 0.467. The molecule has 0 atom stereocenters. The molecule has 0 aliphatic heterocycles. The van der Waals surface area contributed by atoms with Gasteiger partial charge in [0.25, 0.3) is 0 Å². The van der Waals surface area contributed by atoms with E-state index in [1.807, 2.05) is 12.1 Å². The van der Waals surface area contributed by atoms with Gasteiger partial charge in [-0.1, -0.05) is 43.5 Å². The number of nitrogens with one attached hydrogen (secondary N) is 1. The van der Waals surface area contributed by atoms with E-state index in [4.69, 9.17) is 11.6 Å². The van der Waals surface area contributed by atoms with Gasteiger partial charge in [-0.05, 0) is 12.8 Å². The topological polar surface area (TPSA) is 37.8 Å². The highest BCUT2D eigenvalue weighted by molar-refractivity contribution is 6.19. The van der Waals surface area contributed by atoms with Crippen molar-refractivity contribution in [3.63, 3.8) is 0 Å². The summed E-state index contributed by atoms with van der Waals surface area (Å²) in [5.41, 5.74) is -0.0153. The number of hydrogen-bond acceptors (Lipinski definition) is 3. The fourth-order valence-electron chi connectivity index (χ4n) is 2.89. The molecule has 0 amide bonds. The molecule has 1 aromatic heterocycles. The van der Waals surface area contributed by atoms with E-state index < -0.39 is 0 Å². The van der Waals surface area contributed by atoms with Gasteiger partial charge in [0.1, 0.15) is 0 Å². The van der Waals surface area contributed by atoms with Crippen LogP contribution in [0.2, 0.25) is 0 Å². The third-order valence-corrected chi connectivity index (χ3v) is 4.53. The molecule has 100 valence electrons. The van der Waals surface area contributed by atoms with E-state index in [0.717, 1.165) is 29.4 Å². The van der Waals surface area contributed by atoms with Crippen LogP contribution in [0.4, 0.5) is 5.82 Å². The average molecular weight is 276 g/mol. The van der Waals surface area contributed by atoms with Crippen LogP contribution in [0.3, 0.4) is 0 Å². The summed E-state index contributed by atoms with van der Waals surface area (Å²) in [4.78, 5) is 0. The Kier molecular flexibility index (Phi) is 3.56. The summed E-state index contributed by atoms with van der Waals surface area (Å²) in [5.74, 6) is 1.48. The number of fused-ring (bicyclic) bond motifs is 1. The van der Waals surface area contributed by atoms with E-state index in [2.05, 4.69) is 27.6 Å². The van der Waals surface area contributed by atoms with E-state index in [9.17, 15) is 0 Å². The number of hydrogen-bond donors (Lipinski definition) is 1. The van der Waals surface area contributed by atoms with Crippen molar-refractivity contribution in [2.45, 2.75) is 37.6 Å². The largest absolute Gasteiger partial charge is 0.361 e. The van der Waals surface area contributed by atoms with Gasteiger partial charge in [0, 0.05) is 16.7 Å². The van der Waals surface area contributed by atoms with E-state index in [-0.39, 0.29) is 5.54 Å². The monoisotopic (exact) mass is 275 g/mol. The molecule has 1 N–H and O–H groups in total. The minimum atomic E-state index is -0.0153. The van der Waals surface area contributed by atoms with Crippen molar-refractivity contribution in [2.75, 3.05) is 11.2 Å². The molecular formula is C15H18ClN3. The van der Waals surface area contributed by atoms with Crippen molar-refractivity contribution in [2.24, 2.45) is 0 Å². The summed E-state index contributed by atoms with van der Waals surface area (Å²) in [6.07, 6.45) is 7.80. The Bertz CT molecular complexity index is 559. The summed E-state index contributed by atoms with van der Waals surface area (Å²) < 4.78 is 0. The Morgan fingerprint density at radius 1 is 1.16 bits per heavy atom. The number of alkyl halides is 1. The Balaban J connectivity index is 1.96. The molecule has 0 unspecified atom stereocenters. The Morgan fingerprint density at radius 2 is 1.95 bits per heavy atom. The zero-order valence-corrected chi connectivity index (χ0v) is 11.7. The molecule has 4 heteroatoms. The van der Waals surface area contributed by atoms with Gasteiger partial charge < -0.3 is 5.32 Å². The van der Waals surface area contributed by atoms with Crippen molar-refractivity contribution in [1.82, 2.24) is 10.2 Å². The van der Waals surface area contributed by atoms with Gasteiger partial charge >= 0.3 is 0 Å². The Hall–Kier alpha value is -1.35. The van der Waals surface area contributed by atoms with Gasteiger partial charge in [-0.15, -0.1) is 16.7 Å². The zero-order chi connectivity index (χ0) is 13.1. The van der Waals surface area contributed by atoms with Gasteiger partial charge in [0.15, 0.2) is 5.82 Å². The summed E-state index contributed by atoms with van der Waals surface area (Å²) in [6, 6.07) is 8.19. The number of aromatic nitrogens is 2. The molecule has 1 heterocycles. The van der Waals surface area contributed by atoms with Crippen molar-refractivity contribution >= 4 is 28.2 Å². The normalized spacial score (nSPS) is 18.4. The highest BCUT2D eigenvalue weighted by atomic mass is 35.5. The predicted molar refractivity (Wildman–Crippen MR) is 79.7 cm³/mol. The molecule has 1 aliphatic carbocycles. The van der Waals surface area contributed by atoms with Crippen LogP contribution in [0.25, 0.3) is 10.8 Å². The van der Waals surface area contributed by atoms with E-state index in [1.54, 1.807) is 6.20 Å². The first-order valence-corrected chi connectivity index (χ1v) is 7.41. The molecular weight excluding hydrogens is 258 g/mol. The summed E-state index contributed by atoms with van der Waals surface area (Å²) in [6.45, 7) is 0. The number of anilines is 1. The lowest BCUT2D eigenvalue weighted by atomic mass is 9.83. The predicted octanol–water partition coefficient (Wildman–Crippen LogP) is 3.98. The zero-order valence-electron chi connectivity index (χ0n) is 10.9. The molecule has 2 aromatic rings. The molecule has 3 nitrogen and oxygen atoms in total. The Labute approximate surface area is 118 Å². The van der Waals surface area contributed by atoms with Crippen LogP contribution in [-0.2, 0) is 0 Å². The van der Waals surface area contributed by atoms with Gasteiger partial charge in [-0.25, -0.2) is 0 Å². The maximum Gasteiger partial charge on any atom is 0.157 e. The lowest BCUT2D eigenvalue weighted by Gasteiger charge is -2.37. The first-order chi connectivity index (χ1) is 9.33. The molecule has 1 saturated carbocycles. The average Bonchev–Trinajstić information content (AvgIpc) is 2.49. The van der Waals surface area contributed by atoms with Crippen LogP contribution >= 0.6 is 11.6 Å². The first-order valence-electron chi connectivity index (χ1n) is 6.88. The maximum absolute atomic E-state index is 6.23. The molecule has 1 aromatic carbocycles. The van der Waals surface area contributed by atoms with Crippen molar-refractivity contribution in [1.29, 1.82) is 0 Å². The van der Waals surface area contributed by atoms with Crippen LogP contribution in [0.1, 0.15) is 32.1 Å². The van der Waals surface area contributed by atoms with Crippen molar-refractivity contribution in [3.05, 3.63) is 30.5 Å². The minimum absolute atomic E-state index is 0.0153. The minimum Gasteiger partial charge on any atom is -0.361 e. The molecule has 1 fully saturated rings. The molecule has 1 aliphatic rings. The quantitative estimate of drug-likeness (QED) is 0.861. The van der Waals surface area contributed by atoms with Gasteiger partial charge in [-0.2, -0.15) is 5.10 Å². The van der Waals surface area contributed by atoms with Gasteiger partial charge in [0.2, 0.25) is 0 Å². The second-order valence-corrected chi connectivity index (χ2v) is 5.65. The lowest BCUT2D eigenvalue weighted by Crippen LogP contribution is -2.42. The number of benzene rings is 1. The molecule has 0 saturated heterocycles. The van der Waals surface area contributed by atoms with Gasteiger partial charge in [0.05, 0.1) is 11.7 Å². The molecule has 19 heavy (non-hydrogen) atoms. The fourth-order valence-corrected chi connectivity index (χ4v) is 3.23. The van der Waals surface area contributed by atoms with Crippen LogP contribution in [0, 0.1) is 0 Å². The van der Waals surface area contributed by atoms with Crippen LogP contribution in [0.5, 0.6) is 0 Å². The molecule has 0 bridgehead atoms. The highest BCUT2D eigenvalue weighted by Gasteiger charge is 2.31. The van der Waals surface area contributed by atoms with Crippen LogP contribution < -0.4 is 5.32 Å². The van der Waals surface area contributed by atoms with E-state index >= 15 is 0 Å². The van der Waals surface area contributed by atoms with Crippen molar-refractivity contribution in [3.8, 4) is 0 Å². The number of nitrogens with zero attached hydrogens (tertiary/aromatic N) is 2. The van der Waals surface area contributed by atoms with Gasteiger partial charge in [-0.3, -0.25) is 0 Å². The number of rotatable bonds is 3. The second kappa shape index (κ2) is 5.33. The maximum atomic E-state index is 6.23. The summed E-state index contributed by atoms with van der Waals surface area (Å²) in [5, 5.41) is 14.2. The summed E-state index contributed by atoms with van der Waals surface area (Å²) >= 11 is 6.23. The van der Waals surface area contributed by atoms with E-state index in [0.29, 0.717) is 5.88 Å². The third-order valence-electron chi connectivity index (χ3n) is 4.02. The standard InChI is InChI=1S/C15H18ClN3/c16-11-15(8-4-1-5-9-15)18-14-13-7-3-2-6-12(13)10-17-19-14/h2-3,6-7,10H,1,4-5,8-9,11H2,(H,18,19). The Morgan fingerprint density at radius 3 is 2.74 bits per heavy atom. The SMILES string of the molecule is ClCC1(Nc2nncc3ccccc23)CCCCC1. The third kappa shape index (κ3) is 2.52. The lowest BCUT2D eigenvalue weighted by molar-refractivity contribution is 0.352. The summed E-state index contributed by atoms with van der Waals surface area (Å²) in [7, 11) is 0. The molecule has 0 radical (unpaired) electrons.